The summed E-state index contributed by atoms with van der Waals surface area (Å²) in [4.78, 5) is 23.4. The SMILES string of the molecule is Cc1ccn(C)c(=O)c1/C=C/C(=O)OC(C)(C)C. The van der Waals surface area contributed by atoms with Gasteiger partial charge < -0.3 is 9.30 Å². The number of esters is 1. The van der Waals surface area contributed by atoms with Gasteiger partial charge in [0.25, 0.3) is 5.56 Å². The monoisotopic (exact) mass is 249 g/mol. The van der Waals surface area contributed by atoms with Crippen molar-refractivity contribution in [1.29, 1.82) is 0 Å². The molecule has 0 saturated heterocycles. The number of aromatic nitrogens is 1. The summed E-state index contributed by atoms with van der Waals surface area (Å²) in [5.74, 6) is -0.451. The minimum absolute atomic E-state index is 0.130. The molecule has 1 aromatic heterocycles. The maximum absolute atomic E-state index is 11.8. The van der Waals surface area contributed by atoms with Crippen molar-refractivity contribution >= 4 is 12.0 Å². The van der Waals surface area contributed by atoms with E-state index in [1.54, 1.807) is 34.0 Å². The van der Waals surface area contributed by atoms with Crippen molar-refractivity contribution in [2.24, 2.45) is 7.05 Å². The van der Waals surface area contributed by atoms with Crippen LogP contribution < -0.4 is 5.56 Å². The lowest BCUT2D eigenvalue weighted by Crippen LogP contribution is -2.23. The van der Waals surface area contributed by atoms with E-state index in [4.69, 9.17) is 4.74 Å². The van der Waals surface area contributed by atoms with E-state index >= 15 is 0 Å². The highest BCUT2D eigenvalue weighted by Gasteiger charge is 2.14. The summed E-state index contributed by atoms with van der Waals surface area (Å²) < 4.78 is 6.61. The largest absolute Gasteiger partial charge is 0.457 e. The molecule has 0 unspecified atom stereocenters. The number of carbonyl (C=O) groups excluding carboxylic acids is 1. The quantitative estimate of drug-likeness (QED) is 0.595. The topological polar surface area (TPSA) is 48.3 Å². The second-order valence-electron chi connectivity index (χ2n) is 5.20. The molecule has 0 aliphatic rings. The first-order valence-corrected chi connectivity index (χ1v) is 5.78. The molecule has 4 heteroatoms. The summed E-state index contributed by atoms with van der Waals surface area (Å²) in [5, 5.41) is 0. The van der Waals surface area contributed by atoms with Crippen LogP contribution in [0, 0.1) is 6.92 Å². The van der Waals surface area contributed by atoms with Crippen LogP contribution in [0.5, 0.6) is 0 Å². The fourth-order valence-corrected chi connectivity index (χ4v) is 1.43. The minimum atomic E-state index is -0.530. The van der Waals surface area contributed by atoms with E-state index in [-0.39, 0.29) is 5.56 Å². The third-order valence-electron chi connectivity index (χ3n) is 2.32. The zero-order valence-electron chi connectivity index (χ0n) is 11.5. The number of nitrogens with zero attached hydrogens (tertiary/aromatic N) is 1. The van der Waals surface area contributed by atoms with Gasteiger partial charge in [0.1, 0.15) is 5.60 Å². The van der Waals surface area contributed by atoms with Crippen molar-refractivity contribution in [3.63, 3.8) is 0 Å². The number of pyridine rings is 1. The standard InChI is InChI=1S/C14H19NO3/c1-10-8-9-15(5)13(17)11(10)6-7-12(16)18-14(2,3)4/h6-9H,1-5H3/b7-6+. The Morgan fingerprint density at radius 2 is 2.00 bits per heavy atom. The van der Waals surface area contributed by atoms with Crippen molar-refractivity contribution < 1.29 is 9.53 Å². The van der Waals surface area contributed by atoms with Gasteiger partial charge in [0, 0.05) is 24.9 Å². The summed E-state index contributed by atoms with van der Waals surface area (Å²) in [6, 6.07) is 1.83. The van der Waals surface area contributed by atoms with Crippen LogP contribution in [0.1, 0.15) is 31.9 Å². The third-order valence-corrected chi connectivity index (χ3v) is 2.32. The molecule has 0 spiro atoms. The highest BCUT2D eigenvalue weighted by atomic mass is 16.6. The van der Waals surface area contributed by atoms with Crippen LogP contribution in [0.4, 0.5) is 0 Å². The smallest absolute Gasteiger partial charge is 0.331 e. The van der Waals surface area contributed by atoms with Gasteiger partial charge in [-0.1, -0.05) is 0 Å². The molecular formula is C14H19NO3. The zero-order chi connectivity index (χ0) is 13.9. The number of rotatable bonds is 2. The van der Waals surface area contributed by atoms with Gasteiger partial charge in [-0.2, -0.15) is 0 Å². The Balaban J connectivity index is 2.96. The van der Waals surface area contributed by atoms with Crippen molar-refractivity contribution in [2.75, 3.05) is 0 Å². The lowest BCUT2D eigenvalue weighted by molar-refractivity contribution is -0.148. The number of ether oxygens (including phenoxy) is 1. The van der Waals surface area contributed by atoms with Gasteiger partial charge in [-0.25, -0.2) is 4.79 Å². The van der Waals surface area contributed by atoms with E-state index in [0.29, 0.717) is 5.56 Å². The zero-order valence-corrected chi connectivity index (χ0v) is 11.5. The first-order chi connectivity index (χ1) is 8.20. The normalized spacial score (nSPS) is 11.8. The van der Waals surface area contributed by atoms with Crippen LogP contribution in [0.15, 0.2) is 23.1 Å². The molecule has 1 rings (SSSR count). The van der Waals surface area contributed by atoms with E-state index in [0.717, 1.165) is 5.56 Å². The molecule has 0 fully saturated rings. The molecule has 0 atom stereocenters. The van der Waals surface area contributed by atoms with E-state index in [1.165, 1.54) is 16.7 Å². The summed E-state index contributed by atoms with van der Waals surface area (Å²) in [6.07, 6.45) is 4.49. The van der Waals surface area contributed by atoms with E-state index in [9.17, 15) is 9.59 Å². The Morgan fingerprint density at radius 3 is 2.56 bits per heavy atom. The van der Waals surface area contributed by atoms with E-state index in [2.05, 4.69) is 0 Å². The van der Waals surface area contributed by atoms with E-state index < -0.39 is 11.6 Å². The van der Waals surface area contributed by atoms with Gasteiger partial charge >= 0.3 is 5.97 Å². The molecule has 18 heavy (non-hydrogen) atoms. The second-order valence-corrected chi connectivity index (χ2v) is 5.20. The van der Waals surface area contributed by atoms with Crippen LogP contribution in [-0.4, -0.2) is 16.1 Å². The fraction of sp³-hybridized carbons (Fsp3) is 0.429. The summed E-state index contributed by atoms with van der Waals surface area (Å²) >= 11 is 0. The first-order valence-electron chi connectivity index (χ1n) is 5.78. The van der Waals surface area contributed by atoms with Crippen molar-refractivity contribution in [3.8, 4) is 0 Å². The molecule has 0 saturated carbocycles. The second kappa shape index (κ2) is 5.21. The summed E-state index contributed by atoms with van der Waals surface area (Å²) in [6.45, 7) is 7.22. The molecule has 0 radical (unpaired) electrons. The number of hydrogen-bond donors (Lipinski definition) is 0. The molecule has 1 heterocycles. The molecular weight excluding hydrogens is 230 g/mol. The minimum Gasteiger partial charge on any atom is -0.457 e. The average molecular weight is 249 g/mol. The number of carbonyl (C=O) groups is 1. The lowest BCUT2D eigenvalue weighted by atomic mass is 10.1. The molecule has 0 aliphatic carbocycles. The third kappa shape index (κ3) is 3.87. The summed E-state index contributed by atoms with van der Waals surface area (Å²) in [7, 11) is 1.67. The highest BCUT2D eigenvalue weighted by molar-refractivity contribution is 5.87. The molecule has 0 N–H and O–H groups in total. The first kappa shape index (κ1) is 14.2. The average Bonchev–Trinajstić information content (AvgIpc) is 2.21. The van der Waals surface area contributed by atoms with Gasteiger partial charge in [-0.15, -0.1) is 0 Å². The van der Waals surface area contributed by atoms with Crippen molar-refractivity contribution in [2.45, 2.75) is 33.3 Å². The maximum atomic E-state index is 11.8. The Bertz CT molecular complexity index is 533. The van der Waals surface area contributed by atoms with Crippen molar-refractivity contribution in [3.05, 3.63) is 39.8 Å². The molecule has 0 aromatic carbocycles. The Kier molecular flexibility index (Phi) is 4.11. The molecule has 4 nitrogen and oxygen atoms in total. The molecule has 98 valence electrons. The summed E-state index contributed by atoms with van der Waals surface area (Å²) in [5.41, 5.74) is 0.677. The molecule has 0 amide bonds. The predicted molar refractivity (Wildman–Crippen MR) is 71.3 cm³/mol. The van der Waals surface area contributed by atoms with Gasteiger partial charge in [-0.3, -0.25) is 4.79 Å². The van der Waals surface area contributed by atoms with Gasteiger partial charge in [0.15, 0.2) is 0 Å². The predicted octanol–water partition coefficient (Wildman–Crippen LogP) is 2.05. The molecule has 0 bridgehead atoms. The van der Waals surface area contributed by atoms with Gasteiger partial charge in [0.05, 0.1) is 0 Å². The lowest BCUT2D eigenvalue weighted by Gasteiger charge is -2.17. The van der Waals surface area contributed by atoms with Crippen LogP contribution >= 0.6 is 0 Å². The van der Waals surface area contributed by atoms with E-state index in [1.807, 2.05) is 13.0 Å². The Morgan fingerprint density at radius 1 is 1.39 bits per heavy atom. The Hall–Kier alpha value is -1.84. The van der Waals surface area contributed by atoms with Gasteiger partial charge in [-0.05, 0) is 45.4 Å². The van der Waals surface area contributed by atoms with Crippen LogP contribution in [0.2, 0.25) is 0 Å². The fourth-order valence-electron chi connectivity index (χ4n) is 1.43. The maximum Gasteiger partial charge on any atom is 0.331 e. The van der Waals surface area contributed by atoms with Gasteiger partial charge in [0.2, 0.25) is 0 Å². The van der Waals surface area contributed by atoms with Crippen LogP contribution in [0.3, 0.4) is 0 Å². The highest BCUT2D eigenvalue weighted by Crippen LogP contribution is 2.09. The number of hydrogen-bond acceptors (Lipinski definition) is 3. The molecule has 1 aromatic rings. The van der Waals surface area contributed by atoms with Crippen LogP contribution in [0.25, 0.3) is 6.08 Å². The Labute approximate surface area is 107 Å². The van der Waals surface area contributed by atoms with Crippen molar-refractivity contribution in [1.82, 2.24) is 4.57 Å². The molecule has 0 aliphatic heterocycles. The van der Waals surface area contributed by atoms with Crippen LogP contribution in [-0.2, 0) is 16.6 Å². The number of aryl methyl sites for hydroxylation is 2.